The van der Waals surface area contributed by atoms with Gasteiger partial charge in [0.15, 0.2) is 0 Å². The van der Waals surface area contributed by atoms with Crippen molar-refractivity contribution in [2.75, 3.05) is 10.4 Å². The van der Waals surface area contributed by atoms with Gasteiger partial charge in [-0.1, -0.05) is 49.2 Å². The lowest BCUT2D eigenvalue weighted by Gasteiger charge is -2.25. The van der Waals surface area contributed by atoms with Crippen molar-refractivity contribution in [3.8, 4) is 0 Å². The highest BCUT2D eigenvalue weighted by Gasteiger charge is 2.56. The predicted octanol–water partition coefficient (Wildman–Crippen LogP) is 4.48. The van der Waals surface area contributed by atoms with Crippen LogP contribution in [0.25, 0.3) is 0 Å². The summed E-state index contributed by atoms with van der Waals surface area (Å²) in [6.07, 6.45) is 4.99. The Labute approximate surface area is 137 Å². The lowest BCUT2D eigenvalue weighted by molar-refractivity contribution is -0.120. The molecule has 0 aromatic heterocycles. The molecule has 0 spiro atoms. The van der Waals surface area contributed by atoms with Crippen molar-refractivity contribution in [2.45, 2.75) is 25.7 Å². The summed E-state index contributed by atoms with van der Waals surface area (Å²) < 4.78 is 0. The maximum absolute atomic E-state index is 13.1. The predicted molar refractivity (Wildman–Crippen MR) is 92.9 cm³/mol. The highest BCUT2D eigenvalue weighted by molar-refractivity contribution is 5.98. The number of fused-ring (bicyclic) bond motifs is 1. The minimum atomic E-state index is 0.203. The van der Waals surface area contributed by atoms with Crippen LogP contribution in [0, 0.1) is 17.8 Å². The maximum atomic E-state index is 13.1. The van der Waals surface area contributed by atoms with E-state index in [0.717, 1.165) is 11.4 Å². The minimum Gasteiger partial charge on any atom is -0.291 e. The van der Waals surface area contributed by atoms with Gasteiger partial charge in [0.05, 0.1) is 11.4 Å². The van der Waals surface area contributed by atoms with Gasteiger partial charge in [0.25, 0.3) is 0 Å². The first-order valence-corrected chi connectivity index (χ1v) is 8.55. The van der Waals surface area contributed by atoms with E-state index in [1.54, 1.807) is 5.01 Å². The summed E-state index contributed by atoms with van der Waals surface area (Å²) in [5.41, 5.74) is 5.16. The molecule has 118 valence electrons. The van der Waals surface area contributed by atoms with Gasteiger partial charge in [-0.3, -0.25) is 10.2 Å². The molecule has 2 atom stereocenters. The van der Waals surface area contributed by atoms with Gasteiger partial charge in [-0.25, -0.2) is 5.01 Å². The molecule has 0 heterocycles. The van der Waals surface area contributed by atoms with E-state index in [-0.39, 0.29) is 11.8 Å². The third-order valence-corrected chi connectivity index (χ3v) is 5.19. The summed E-state index contributed by atoms with van der Waals surface area (Å²) in [5.74, 6) is 1.64. The molecule has 0 aliphatic heterocycles. The maximum Gasteiger partial charge on any atom is 0.249 e. The summed E-state index contributed by atoms with van der Waals surface area (Å²) in [7, 11) is 0. The van der Waals surface area contributed by atoms with Gasteiger partial charge in [-0.15, -0.1) is 0 Å². The van der Waals surface area contributed by atoms with Crippen molar-refractivity contribution < 1.29 is 4.79 Å². The number of hydrazine groups is 1. The van der Waals surface area contributed by atoms with Gasteiger partial charge in [0, 0.05) is 5.92 Å². The van der Waals surface area contributed by atoms with E-state index in [9.17, 15) is 4.79 Å². The lowest BCUT2D eigenvalue weighted by Crippen LogP contribution is -2.38. The van der Waals surface area contributed by atoms with Crippen molar-refractivity contribution in [3.05, 3.63) is 60.7 Å². The Morgan fingerprint density at radius 3 is 2.04 bits per heavy atom. The largest absolute Gasteiger partial charge is 0.291 e. The number of hydrogen-bond acceptors (Lipinski definition) is 2. The fourth-order valence-corrected chi connectivity index (χ4v) is 3.97. The Kier molecular flexibility index (Phi) is 3.78. The summed E-state index contributed by atoms with van der Waals surface area (Å²) in [5, 5.41) is 1.75. The number of para-hydroxylation sites is 2. The normalized spacial score (nSPS) is 25.3. The van der Waals surface area contributed by atoms with Crippen LogP contribution in [0.5, 0.6) is 0 Å². The van der Waals surface area contributed by atoms with E-state index in [4.69, 9.17) is 0 Å². The Morgan fingerprint density at radius 1 is 0.870 bits per heavy atom. The van der Waals surface area contributed by atoms with Crippen molar-refractivity contribution in [1.82, 2.24) is 0 Å². The zero-order valence-electron chi connectivity index (χ0n) is 13.2. The van der Waals surface area contributed by atoms with Crippen molar-refractivity contribution >= 4 is 17.3 Å². The van der Waals surface area contributed by atoms with Crippen LogP contribution in [0.3, 0.4) is 0 Å². The molecule has 2 aromatic carbocycles. The van der Waals surface area contributed by atoms with E-state index in [2.05, 4.69) is 5.43 Å². The summed E-state index contributed by atoms with van der Waals surface area (Å²) in [6.45, 7) is 0. The number of rotatable bonds is 4. The molecule has 1 N–H and O–H groups in total. The molecule has 0 radical (unpaired) electrons. The molecule has 23 heavy (non-hydrogen) atoms. The van der Waals surface area contributed by atoms with Crippen molar-refractivity contribution in [3.63, 3.8) is 0 Å². The molecule has 0 saturated heterocycles. The number of carbonyl (C=O) groups excluding carboxylic acids is 1. The molecule has 3 heteroatoms. The topological polar surface area (TPSA) is 32.3 Å². The van der Waals surface area contributed by atoms with Gasteiger partial charge in [0.2, 0.25) is 5.91 Å². The average molecular weight is 306 g/mol. The van der Waals surface area contributed by atoms with Gasteiger partial charge < -0.3 is 0 Å². The second-order valence-corrected chi connectivity index (χ2v) is 6.62. The van der Waals surface area contributed by atoms with Crippen molar-refractivity contribution in [2.24, 2.45) is 17.8 Å². The molecule has 4 rings (SSSR count). The van der Waals surface area contributed by atoms with Gasteiger partial charge in [-0.2, -0.15) is 0 Å². The molecule has 2 saturated carbocycles. The molecule has 2 aliphatic carbocycles. The first-order valence-electron chi connectivity index (χ1n) is 8.55. The standard InChI is InChI=1S/C20H22N2O/c23-20(19-17-13-7-8-14-18(17)19)22(16-11-5-2-6-12-16)21-15-9-3-1-4-10-15/h1-6,9-12,17-19,21H,7-8,13-14H2. The Bertz CT molecular complexity index is 659. The number of anilines is 2. The van der Waals surface area contributed by atoms with Crippen LogP contribution in [0.15, 0.2) is 60.7 Å². The fourth-order valence-electron chi connectivity index (χ4n) is 3.97. The second-order valence-electron chi connectivity index (χ2n) is 6.62. The number of amides is 1. The third-order valence-electron chi connectivity index (χ3n) is 5.19. The van der Waals surface area contributed by atoms with Crippen molar-refractivity contribution in [1.29, 1.82) is 0 Å². The van der Waals surface area contributed by atoms with Gasteiger partial charge >= 0.3 is 0 Å². The smallest absolute Gasteiger partial charge is 0.249 e. The Morgan fingerprint density at radius 2 is 1.43 bits per heavy atom. The SMILES string of the molecule is O=C(C1C2CCCCC21)N(Nc1ccccc1)c1ccccc1. The van der Waals surface area contributed by atoms with Crippen LogP contribution in [-0.2, 0) is 4.79 Å². The second kappa shape index (κ2) is 6.07. The van der Waals surface area contributed by atoms with Gasteiger partial charge in [-0.05, 0) is 48.9 Å². The van der Waals surface area contributed by atoms with E-state index in [1.807, 2.05) is 60.7 Å². The molecule has 1 amide bonds. The molecule has 3 nitrogen and oxygen atoms in total. The van der Waals surface area contributed by atoms with Crippen LogP contribution >= 0.6 is 0 Å². The first kappa shape index (κ1) is 14.3. The van der Waals surface area contributed by atoms with E-state index >= 15 is 0 Å². The van der Waals surface area contributed by atoms with Crippen LogP contribution in [0.4, 0.5) is 11.4 Å². The van der Waals surface area contributed by atoms with Crippen LogP contribution in [0.1, 0.15) is 25.7 Å². The first-order chi connectivity index (χ1) is 11.3. The zero-order chi connectivity index (χ0) is 15.6. The van der Waals surface area contributed by atoms with E-state index < -0.39 is 0 Å². The van der Waals surface area contributed by atoms with E-state index in [1.165, 1.54) is 25.7 Å². The Balaban J connectivity index is 1.59. The van der Waals surface area contributed by atoms with Crippen LogP contribution < -0.4 is 10.4 Å². The number of nitrogens with one attached hydrogen (secondary N) is 1. The monoisotopic (exact) mass is 306 g/mol. The molecule has 2 aliphatic rings. The average Bonchev–Trinajstić information content (AvgIpc) is 3.35. The number of nitrogens with zero attached hydrogens (tertiary/aromatic N) is 1. The molecule has 0 bridgehead atoms. The quantitative estimate of drug-likeness (QED) is 0.845. The highest BCUT2D eigenvalue weighted by Crippen LogP contribution is 2.56. The molecule has 2 fully saturated rings. The highest BCUT2D eigenvalue weighted by atomic mass is 16.2. The molecule has 2 unspecified atom stereocenters. The summed E-state index contributed by atoms with van der Waals surface area (Å²) >= 11 is 0. The summed E-state index contributed by atoms with van der Waals surface area (Å²) in [4.78, 5) is 13.1. The van der Waals surface area contributed by atoms with Gasteiger partial charge in [0.1, 0.15) is 0 Å². The summed E-state index contributed by atoms with van der Waals surface area (Å²) in [6, 6.07) is 19.8. The number of benzene rings is 2. The fraction of sp³-hybridized carbons (Fsp3) is 0.350. The number of hydrogen-bond donors (Lipinski definition) is 1. The minimum absolute atomic E-state index is 0.203. The Hall–Kier alpha value is -2.29. The number of carbonyl (C=O) groups is 1. The molecule has 2 aromatic rings. The lowest BCUT2D eigenvalue weighted by atomic mass is 10.0. The van der Waals surface area contributed by atoms with Crippen LogP contribution in [-0.4, -0.2) is 5.91 Å². The molecular formula is C20H22N2O. The molecular weight excluding hydrogens is 284 g/mol. The third kappa shape index (κ3) is 2.83. The van der Waals surface area contributed by atoms with E-state index in [0.29, 0.717) is 11.8 Å². The zero-order valence-corrected chi connectivity index (χ0v) is 13.2. The van der Waals surface area contributed by atoms with Crippen LogP contribution in [0.2, 0.25) is 0 Å².